The number of carbonyl (C=O) groups is 1. The number of H-pyrrole nitrogens is 2. The Balaban J connectivity index is 1.76. The van der Waals surface area contributed by atoms with Crippen molar-refractivity contribution in [2.75, 3.05) is 52.8 Å². The van der Waals surface area contributed by atoms with Gasteiger partial charge in [0.2, 0.25) is 5.91 Å². The van der Waals surface area contributed by atoms with Crippen LogP contribution in [0.15, 0.2) is 30.3 Å². The molecule has 3 aromatic heterocycles. The van der Waals surface area contributed by atoms with E-state index in [1.165, 1.54) is 0 Å². The van der Waals surface area contributed by atoms with Crippen molar-refractivity contribution < 1.29 is 32.0 Å². The zero-order chi connectivity index (χ0) is 42.4. The van der Waals surface area contributed by atoms with Crippen molar-refractivity contribution >= 4 is 54.3 Å². The standard InChI is InChI=1S/C44H65N5O7P2/c1-12-35-41-26-38-31(8)34(20-18-22-58(52,55-15-4)56-16-5)40(47-38)27-39-33(19-17-21-57(51,53-13-2)54-14-3)30(7)37(46-39)25-36-29(6)23-32(45-36)24-42(48-41)44(35,9)28-43(50)49(10)11/h23-27,35,45,47H,12-22,28H2,1-11H3. The Labute approximate surface area is 345 Å². The number of hydrogen-bond donors (Lipinski definition) is 2. The van der Waals surface area contributed by atoms with Crippen LogP contribution in [0.1, 0.15) is 126 Å². The van der Waals surface area contributed by atoms with E-state index in [1.807, 2.05) is 27.7 Å². The Morgan fingerprint density at radius 2 is 1.34 bits per heavy atom. The van der Waals surface area contributed by atoms with Gasteiger partial charge in [0.1, 0.15) is 0 Å². The normalized spacial score (nSPS) is 17.3. The summed E-state index contributed by atoms with van der Waals surface area (Å²) in [6.07, 6.45) is 4.15. The number of amides is 1. The fraction of sp³-hybridized carbons (Fsp3) is 0.568. The molecular formula is C44H65N5O7P2. The molecule has 0 spiro atoms. The second-order valence-electron chi connectivity index (χ2n) is 15.8. The molecule has 3 aromatic rings. The number of allylic oxidation sites excluding steroid dienone is 2. The Kier molecular flexibility index (Phi) is 15.2. The monoisotopic (exact) mass is 837 g/mol. The summed E-state index contributed by atoms with van der Waals surface area (Å²) < 4.78 is 49.5. The van der Waals surface area contributed by atoms with E-state index in [-0.39, 0.29) is 11.8 Å². The molecule has 2 unspecified atom stereocenters. The van der Waals surface area contributed by atoms with Crippen LogP contribution >= 0.6 is 15.2 Å². The maximum Gasteiger partial charge on any atom is 0.330 e. The summed E-state index contributed by atoms with van der Waals surface area (Å²) in [5.74, 6) is 0.0416. The van der Waals surface area contributed by atoms with Crippen LogP contribution in [-0.4, -0.2) is 83.6 Å². The molecule has 0 aliphatic carbocycles. The van der Waals surface area contributed by atoms with Gasteiger partial charge in [-0.15, -0.1) is 0 Å². The van der Waals surface area contributed by atoms with Crippen LogP contribution in [0.25, 0.3) is 33.2 Å². The molecule has 2 aliphatic heterocycles. The molecule has 5 rings (SSSR count). The van der Waals surface area contributed by atoms with Gasteiger partial charge >= 0.3 is 15.2 Å². The summed E-state index contributed by atoms with van der Waals surface area (Å²) in [6.45, 7) is 19.2. The number of rotatable bonds is 19. The lowest BCUT2D eigenvalue weighted by molar-refractivity contribution is -0.130. The van der Waals surface area contributed by atoms with E-state index < -0.39 is 20.6 Å². The van der Waals surface area contributed by atoms with Gasteiger partial charge in [-0.05, 0) is 139 Å². The minimum atomic E-state index is -3.25. The smallest absolute Gasteiger partial charge is 0.330 e. The first-order chi connectivity index (χ1) is 27.5. The first kappa shape index (κ1) is 45.7. The average Bonchev–Trinajstić information content (AvgIpc) is 3.82. The van der Waals surface area contributed by atoms with Crippen molar-refractivity contribution in [3.05, 3.63) is 69.8 Å². The Bertz CT molecular complexity index is 2240. The van der Waals surface area contributed by atoms with E-state index in [1.54, 1.807) is 19.0 Å². The lowest BCUT2D eigenvalue weighted by Gasteiger charge is -2.31. The highest BCUT2D eigenvalue weighted by atomic mass is 31.2. The molecule has 318 valence electrons. The molecule has 14 heteroatoms. The van der Waals surface area contributed by atoms with Gasteiger partial charge in [0.05, 0.1) is 50.1 Å². The zero-order valence-corrected chi connectivity index (χ0v) is 38.3. The number of fused-ring (bicyclic) bond motifs is 8. The van der Waals surface area contributed by atoms with Crippen LogP contribution in [0.3, 0.4) is 0 Å². The van der Waals surface area contributed by atoms with Crippen molar-refractivity contribution in [2.45, 2.75) is 112 Å². The highest BCUT2D eigenvalue weighted by Gasteiger charge is 2.44. The molecule has 2 N–H and O–H groups in total. The van der Waals surface area contributed by atoms with Crippen molar-refractivity contribution in [1.29, 1.82) is 0 Å². The highest BCUT2D eigenvalue weighted by Crippen LogP contribution is 2.51. The largest absolute Gasteiger partial charge is 0.355 e. The van der Waals surface area contributed by atoms with Gasteiger partial charge in [0.15, 0.2) is 0 Å². The van der Waals surface area contributed by atoms with Crippen molar-refractivity contribution in [3.63, 3.8) is 0 Å². The summed E-state index contributed by atoms with van der Waals surface area (Å²) in [7, 11) is -2.87. The molecule has 2 atom stereocenters. The molecule has 8 bridgehead atoms. The number of aromatic amines is 2. The third-order valence-electron chi connectivity index (χ3n) is 11.5. The molecule has 0 saturated heterocycles. The maximum atomic E-state index is 13.5. The lowest BCUT2D eigenvalue weighted by Crippen LogP contribution is -2.34. The second kappa shape index (κ2) is 19.3. The second-order valence-corrected chi connectivity index (χ2v) is 20.1. The molecule has 58 heavy (non-hydrogen) atoms. The van der Waals surface area contributed by atoms with Crippen LogP contribution in [0, 0.1) is 13.8 Å². The summed E-state index contributed by atoms with van der Waals surface area (Å²) in [6, 6.07) is 10.6. The maximum absolute atomic E-state index is 13.5. The van der Waals surface area contributed by atoms with E-state index in [4.69, 9.17) is 28.1 Å². The number of aromatic nitrogens is 4. The molecule has 1 amide bonds. The van der Waals surface area contributed by atoms with Crippen molar-refractivity contribution in [1.82, 2.24) is 24.8 Å². The number of aryl methyl sites for hydroxylation is 3. The molecule has 0 aromatic carbocycles. The van der Waals surface area contributed by atoms with Gasteiger partial charge in [-0.1, -0.05) is 13.8 Å². The first-order valence-electron chi connectivity index (χ1n) is 20.9. The fourth-order valence-electron chi connectivity index (χ4n) is 8.41. The van der Waals surface area contributed by atoms with Crippen LogP contribution in [0.2, 0.25) is 0 Å². The van der Waals surface area contributed by atoms with E-state index in [2.05, 4.69) is 74.9 Å². The quantitative estimate of drug-likeness (QED) is 0.113. The van der Waals surface area contributed by atoms with E-state index in [0.29, 0.717) is 70.9 Å². The number of carbonyl (C=O) groups excluding carboxylic acids is 1. The number of nitrogens with zero attached hydrogens (tertiary/aromatic N) is 3. The zero-order valence-electron chi connectivity index (χ0n) is 36.5. The van der Waals surface area contributed by atoms with Gasteiger partial charge in [0, 0.05) is 65.3 Å². The van der Waals surface area contributed by atoms with E-state index >= 15 is 0 Å². The van der Waals surface area contributed by atoms with Gasteiger partial charge in [-0.25, -0.2) is 4.98 Å². The topological polar surface area (TPSA) is 149 Å². The minimum Gasteiger partial charge on any atom is -0.355 e. The van der Waals surface area contributed by atoms with Gasteiger partial charge < -0.3 is 33.0 Å². The predicted octanol–water partition coefficient (Wildman–Crippen LogP) is 11.0. The van der Waals surface area contributed by atoms with E-state index in [9.17, 15) is 13.9 Å². The lowest BCUT2D eigenvalue weighted by atomic mass is 9.71. The van der Waals surface area contributed by atoms with Crippen LogP contribution in [0.4, 0.5) is 0 Å². The molecule has 12 nitrogen and oxygen atoms in total. The molecule has 0 saturated carbocycles. The summed E-state index contributed by atoms with van der Waals surface area (Å²) in [5, 5.41) is 0. The van der Waals surface area contributed by atoms with Crippen molar-refractivity contribution in [2.24, 2.45) is 0 Å². The summed E-state index contributed by atoms with van der Waals surface area (Å²) >= 11 is 0. The van der Waals surface area contributed by atoms with Gasteiger partial charge in [-0.3, -0.25) is 18.9 Å². The van der Waals surface area contributed by atoms with Gasteiger partial charge in [-0.2, -0.15) is 0 Å². The minimum absolute atomic E-state index is 0.0141. The Morgan fingerprint density at radius 3 is 1.91 bits per heavy atom. The SMILES string of the molecule is CCOP(=O)(CCCC1=C(C)c2cc3[nH]c(cc4nc(cc5[nH]c(cc1n2)c(CCCP(=O)(OCC)OCC)c5C)C(CC)C4(C)CC(=O)N(C)C)cc3C)OCC. The van der Waals surface area contributed by atoms with E-state index in [0.717, 1.165) is 79.1 Å². The Morgan fingerprint density at radius 1 is 0.759 bits per heavy atom. The Hall–Kier alpha value is -3.37. The molecule has 2 aliphatic rings. The molecule has 5 heterocycles. The van der Waals surface area contributed by atoms with Crippen molar-refractivity contribution in [3.8, 4) is 0 Å². The molecule has 0 radical (unpaired) electrons. The third-order valence-corrected chi connectivity index (χ3v) is 15.8. The number of hydrogen-bond acceptors (Lipinski definition) is 9. The average molecular weight is 838 g/mol. The third kappa shape index (κ3) is 10.1. The number of nitrogens with one attached hydrogen (secondary N) is 2. The van der Waals surface area contributed by atoms with Crippen LogP contribution in [-0.2, 0) is 43.9 Å². The van der Waals surface area contributed by atoms with Crippen LogP contribution < -0.4 is 0 Å². The van der Waals surface area contributed by atoms with Crippen LogP contribution in [0.5, 0.6) is 0 Å². The highest BCUT2D eigenvalue weighted by molar-refractivity contribution is 7.54. The summed E-state index contributed by atoms with van der Waals surface area (Å²) in [5.41, 5.74) is 11.9. The molecular weight excluding hydrogens is 772 g/mol. The fourth-order valence-corrected chi connectivity index (χ4v) is 11.7. The first-order valence-corrected chi connectivity index (χ1v) is 24.4. The summed E-state index contributed by atoms with van der Waals surface area (Å²) in [4.78, 5) is 33.0. The predicted molar refractivity (Wildman–Crippen MR) is 236 cm³/mol. The van der Waals surface area contributed by atoms with Gasteiger partial charge in [0.25, 0.3) is 0 Å². The molecule has 0 fully saturated rings.